The van der Waals surface area contributed by atoms with E-state index in [1.807, 2.05) is 31.2 Å². The van der Waals surface area contributed by atoms with Crippen LogP contribution in [0.5, 0.6) is 0 Å². The Morgan fingerprint density at radius 3 is 2.89 bits per heavy atom. The molecule has 0 saturated heterocycles. The van der Waals surface area contributed by atoms with Gasteiger partial charge in [-0.05, 0) is 18.6 Å². The number of methoxy groups -OCH3 is 1. The van der Waals surface area contributed by atoms with E-state index in [0.717, 1.165) is 10.5 Å². The van der Waals surface area contributed by atoms with Gasteiger partial charge in [-0.3, -0.25) is 4.79 Å². The summed E-state index contributed by atoms with van der Waals surface area (Å²) in [6.45, 7) is 2.47. The molecule has 1 amide bonds. The van der Waals surface area contributed by atoms with Gasteiger partial charge < -0.3 is 15.2 Å². The Morgan fingerprint density at radius 2 is 2.22 bits per heavy atom. The molecular weight excluding hydrogens is 250 g/mol. The first kappa shape index (κ1) is 15.0. The van der Waals surface area contributed by atoms with E-state index in [1.165, 1.54) is 18.9 Å². The summed E-state index contributed by atoms with van der Waals surface area (Å²) in [5.41, 5.74) is 1.16. The van der Waals surface area contributed by atoms with Crippen LogP contribution in [0.25, 0.3) is 0 Å². The van der Waals surface area contributed by atoms with E-state index < -0.39 is 6.10 Å². The highest BCUT2D eigenvalue weighted by Crippen LogP contribution is 2.21. The monoisotopic (exact) mass is 269 g/mol. The third kappa shape index (κ3) is 5.53. The van der Waals surface area contributed by atoms with Gasteiger partial charge in [0.05, 0.1) is 18.5 Å². The highest BCUT2D eigenvalue weighted by Gasteiger charge is 2.07. The quantitative estimate of drug-likeness (QED) is 0.731. The highest BCUT2D eigenvalue weighted by atomic mass is 32.2. The van der Waals surface area contributed by atoms with Gasteiger partial charge >= 0.3 is 0 Å². The molecule has 0 bridgehead atoms. The number of thioether (sulfide) groups is 1. The molecule has 0 aliphatic carbocycles. The van der Waals surface area contributed by atoms with Gasteiger partial charge in [0.25, 0.3) is 0 Å². The zero-order chi connectivity index (χ0) is 13.4. The Labute approximate surface area is 112 Å². The number of rotatable bonds is 7. The number of carbonyl (C=O) groups excluding carboxylic acids is 1. The molecule has 1 aromatic rings. The maximum Gasteiger partial charge on any atom is 0.230 e. The molecule has 0 spiro atoms. The summed E-state index contributed by atoms with van der Waals surface area (Å²) < 4.78 is 4.77. The van der Waals surface area contributed by atoms with E-state index in [0.29, 0.717) is 5.75 Å². The second-order valence-corrected chi connectivity index (χ2v) is 4.98. The predicted molar refractivity (Wildman–Crippen MR) is 72.8 cm³/mol. The molecule has 4 nitrogen and oxygen atoms in total. The molecule has 100 valence electrons. The van der Waals surface area contributed by atoms with Gasteiger partial charge in [0.2, 0.25) is 5.91 Å². The lowest BCUT2D eigenvalue weighted by Crippen LogP contribution is -2.35. The average molecular weight is 269 g/mol. The topological polar surface area (TPSA) is 58.6 Å². The highest BCUT2D eigenvalue weighted by molar-refractivity contribution is 8.00. The molecule has 18 heavy (non-hydrogen) atoms. The van der Waals surface area contributed by atoms with E-state index in [-0.39, 0.29) is 19.1 Å². The molecule has 0 aliphatic heterocycles. The number of aryl methyl sites for hydroxylation is 1. The van der Waals surface area contributed by atoms with Crippen LogP contribution in [-0.2, 0) is 9.53 Å². The molecule has 1 rings (SSSR count). The van der Waals surface area contributed by atoms with Crippen molar-refractivity contribution in [3.05, 3.63) is 29.8 Å². The van der Waals surface area contributed by atoms with E-state index in [2.05, 4.69) is 5.32 Å². The zero-order valence-electron chi connectivity index (χ0n) is 10.7. The van der Waals surface area contributed by atoms with Crippen molar-refractivity contribution in [1.82, 2.24) is 5.32 Å². The Hall–Kier alpha value is -1.04. The molecule has 0 saturated carbocycles. The van der Waals surface area contributed by atoms with E-state index in [4.69, 9.17) is 4.74 Å². The standard InChI is InChI=1S/C13H19NO3S/c1-10-5-3-4-6-12(10)18-9-13(16)14-7-11(15)8-17-2/h3-6,11,15H,7-9H2,1-2H3,(H,14,16)/t11-/m1/s1. The van der Waals surface area contributed by atoms with Crippen molar-refractivity contribution in [2.75, 3.05) is 26.0 Å². The number of benzene rings is 1. The maximum atomic E-state index is 11.6. The van der Waals surface area contributed by atoms with Crippen LogP contribution in [0.3, 0.4) is 0 Å². The molecule has 1 atom stereocenters. The van der Waals surface area contributed by atoms with Gasteiger partial charge in [-0.2, -0.15) is 0 Å². The third-order valence-electron chi connectivity index (χ3n) is 2.35. The maximum absolute atomic E-state index is 11.6. The fraction of sp³-hybridized carbons (Fsp3) is 0.462. The minimum absolute atomic E-state index is 0.0848. The van der Waals surface area contributed by atoms with Crippen molar-refractivity contribution >= 4 is 17.7 Å². The van der Waals surface area contributed by atoms with Crippen molar-refractivity contribution in [3.63, 3.8) is 0 Å². The molecule has 1 aromatic carbocycles. The van der Waals surface area contributed by atoms with Gasteiger partial charge in [-0.25, -0.2) is 0 Å². The van der Waals surface area contributed by atoms with Crippen LogP contribution >= 0.6 is 11.8 Å². The molecule has 0 aliphatic rings. The number of hydrogen-bond acceptors (Lipinski definition) is 4. The number of ether oxygens (including phenoxy) is 1. The van der Waals surface area contributed by atoms with Crippen molar-refractivity contribution in [2.45, 2.75) is 17.9 Å². The molecule has 5 heteroatoms. The molecule has 0 unspecified atom stereocenters. The van der Waals surface area contributed by atoms with Gasteiger partial charge in [0.15, 0.2) is 0 Å². The normalized spacial score (nSPS) is 12.2. The van der Waals surface area contributed by atoms with Crippen LogP contribution in [0.1, 0.15) is 5.56 Å². The second kappa shape index (κ2) is 8.13. The van der Waals surface area contributed by atoms with E-state index in [1.54, 1.807) is 0 Å². The Morgan fingerprint density at radius 1 is 1.50 bits per heavy atom. The number of nitrogens with one attached hydrogen (secondary N) is 1. The number of aliphatic hydroxyl groups excluding tert-OH is 1. The van der Waals surface area contributed by atoms with Crippen molar-refractivity contribution in [3.8, 4) is 0 Å². The smallest absolute Gasteiger partial charge is 0.230 e. The Bertz CT molecular complexity index is 384. The average Bonchev–Trinajstić information content (AvgIpc) is 2.36. The summed E-state index contributed by atoms with van der Waals surface area (Å²) in [5.74, 6) is 0.267. The van der Waals surface area contributed by atoms with Crippen LogP contribution in [0, 0.1) is 6.92 Å². The predicted octanol–water partition coefficient (Wildman–Crippen LogP) is 1.21. The summed E-state index contributed by atoms with van der Waals surface area (Å²) in [4.78, 5) is 12.7. The molecular formula is C13H19NO3S. The third-order valence-corrected chi connectivity index (χ3v) is 3.52. The lowest BCUT2D eigenvalue weighted by Gasteiger charge is -2.11. The number of amides is 1. The molecule has 0 heterocycles. The summed E-state index contributed by atoms with van der Waals surface area (Å²) >= 11 is 1.50. The molecule has 2 N–H and O–H groups in total. The van der Waals surface area contributed by atoms with Crippen LogP contribution in [-0.4, -0.2) is 43.1 Å². The number of aliphatic hydroxyl groups is 1. The van der Waals surface area contributed by atoms with Crippen LogP contribution in [0.4, 0.5) is 0 Å². The first-order valence-corrected chi connectivity index (χ1v) is 6.74. The van der Waals surface area contributed by atoms with E-state index >= 15 is 0 Å². The molecule has 0 radical (unpaired) electrons. The van der Waals surface area contributed by atoms with Crippen molar-refractivity contribution < 1.29 is 14.6 Å². The fourth-order valence-corrected chi connectivity index (χ4v) is 2.25. The largest absolute Gasteiger partial charge is 0.389 e. The summed E-state index contributed by atoms with van der Waals surface area (Å²) in [7, 11) is 1.51. The number of hydrogen-bond donors (Lipinski definition) is 2. The van der Waals surface area contributed by atoms with Gasteiger partial charge in [0.1, 0.15) is 0 Å². The van der Waals surface area contributed by atoms with Crippen LogP contribution in [0.15, 0.2) is 29.2 Å². The first-order chi connectivity index (χ1) is 8.63. The SMILES string of the molecule is COC[C@H](O)CNC(=O)CSc1ccccc1C. The zero-order valence-corrected chi connectivity index (χ0v) is 11.5. The van der Waals surface area contributed by atoms with Crippen LogP contribution < -0.4 is 5.32 Å². The lowest BCUT2D eigenvalue weighted by atomic mass is 10.2. The molecule has 0 aromatic heterocycles. The van der Waals surface area contributed by atoms with Gasteiger partial charge in [-0.15, -0.1) is 11.8 Å². The Kier molecular flexibility index (Phi) is 6.78. The molecule has 0 fully saturated rings. The van der Waals surface area contributed by atoms with Crippen molar-refractivity contribution in [2.24, 2.45) is 0 Å². The summed E-state index contributed by atoms with van der Waals surface area (Å²) in [6.07, 6.45) is -0.651. The lowest BCUT2D eigenvalue weighted by molar-refractivity contribution is -0.119. The summed E-state index contributed by atoms with van der Waals surface area (Å²) in [6, 6.07) is 7.94. The van der Waals surface area contributed by atoms with E-state index in [9.17, 15) is 9.90 Å². The Balaban J connectivity index is 2.27. The minimum Gasteiger partial charge on any atom is -0.389 e. The first-order valence-electron chi connectivity index (χ1n) is 5.75. The van der Waals surface area contributed by atoms with Crippen molar-refractivity contribution in [1.29, 1.82) is 0 Å². The van der Waals surface area contributed by atoms with Crippen LogP contribution in [0.2, 0.25) is 0 Å². The minimum atomic E-state index is -0.651. The van der Waals surface area contributed by atoms with Gasteiger partial charge in [0, 0.05) is 18.6 Å². The van der Waals surface area contributed by atoms with Gasteiger partial charge in [-0.1, -0.05) is 18.2 Å². The second-order valence-electron chi connectivity index (χ2n) is 3.97. The summed E-state index contributed by atoms with van der Waals surface area (Å²) in [5, 5.41) is 12.0. The fourth-order valence-electron chi connectivity index (χ4n) is 1.40. The number of carbonyl (C=O) groups is 1.